The summed E-state index contributed by atoms with van der Waals surface area (Å²) in [5, 5.41) is 11.2. The first-order valence-electron chi connectivity index (χ1n) is 1.84. The number of rotatable bonds is 1. The highest BCUT2D eigenvalue weighted by atomic mass is 32.1. The van der Waals surface area contributed by atoms with Gasteiger partial charge in [0.15, 0.2) is 0 Å². The fourth-order valence-corrected chi connectivity index (χ4v) is 0.774. The SMILES string of the molecule is O=[N+]([O-])c1cnsc1. The highest BCUT2D eigenvalue weighted by Gasteiger charge is 2.02. The molecule has 0 bridgehead atoms. The normalized spacial score (nSPS) is 9.00. The molecule has 0 N–H and O–H groups in total. The molecule has 1 aromatic rings. The van der Waals surface area contributed by atoms with Crippen LogP contribution in [0.4, 0.5) is 5.69 Å². The van der Waals surface area contributed by atoms with Crippen molar-refractivity contribution in [2.24, 2.45) is 0 Å². The molecule has 0 aliphatic heterocycles. The van der Waals surface area contributed by atoms with Crippen molar-refractivity contribution in [1.82, 2.24) is 4.37 Å². The Balaban J connectivity index is 2.93. The molecule has 1 rings (SSSR count). The highest BCUT2D eigenvalue weighted by Crippen LogP contribution is 2.09. The Labute approximate surface area is 49.1 Å². The molecule has 0 saturated heterocycles. The van der Waals surface area contributed by atoms with Crippen molar-refractivity contribution in [1.29, 1.82) is 0 Å². The van der Waals surface area contributed by atoms with E-state index in [4.69, 9.17) is 0 Å². The largest absolute Gasteiger partial charge is 0.299 e. The van der Waals surface area contributed by atoms with Gasteiger partial charge < -0.3 is 0 Å². The minimum atomic E-state index is -0.469. The van der Waals surface area contributed by atoms with E-state index in [0.29, 0.717) is 0 Å². The molecule has 0 unspecified atom stereocenters. The average Bonchev–Trinajstić information content (AvgIpc) is 2.12. The van der Waals surface area contributed by atoms with Crippen molar-refractivity contribution in [2.75, 3.05) is 0 Å². The fourth-order valence-electron chi connectivity index (χ4n) is 0.289. The second-order valence-electron chi connectivity index (χ2n) is 1.14. The van der Waals surface area contributed by atoms with Gasteiger partial charge in [0.25, 0.3) is 5.69 Å². The Kier molecular flexibility index (Phi) is 1.21. The second kappa shape index (κ2) is 1.87. The molecule has 0 fully saturated rings. The first kappa shape index (κ1) is 5.17. The molecule has 4 nitrogen and oxygen atoms in total. The predicted octanol–water partition coefficient (Wildman–Crippen LogP) is 1.05. The van der Waals surface area contributed by atoms with Crippen molar-refractivity contribution in [3.05, 3.63) is 21.7 Å². The predicted molar refractivity (Wildman–Crippen MR) is 28.8 cm³/mol. The third kappa shape index (κ3) is 0.812. The summed E-state index contributed by atoms with van der Waals surface area (Å²) in [6.07, 6.45) is 1.23. The van der Waals surface area contributed by atoms with Gasteiger partial charge in [-0.1, -0.05) is 0 Å². The van der Waals surface area contributed by atoms with Crippen LogP contribution < -0.4 is 0 Å². The number of nitrogens with zero attached hydrogens (tertiary/aromatic N) is 2. The van der Waals surface area contributed by atoms with Crippen LogP contribution in [0.3, 0.4) is 0 Å². The summed E-state index contributed by atoms with van der Waals surface area (Å²) in [6.45, 7) is 0. The van der Waals surface area contributed by atoms with E-state index in [9.17, 15) is 10.1 Å². The Morgan fingerprint density at radius 1 is 1.88 bits per heavy atom. The third-order valence-corrected chi connectivity index (χ3v) is 1.20. The molecule has 1 heterocycles. The lowest BCUT2D eigenvalue weighted by Gasteiger charge is -1.76. The molecule has 42 valence electrons. The molecule has 0 aliphatic carbocycles. The van der Waals surface area contributed by atoms with Crippen LogP contribution in [0.15, 0.2) is 11.6 Å². The summed E-state index contributed by atoms with van der Waals surface area (Å²) in [7, 11) is 0. The van der Waals surface area contributed by atoms with Gasteiger partial charge in [0.1, 0.15) is 6.20 Å². The lowest BCUT2D eigenvalue weighted by molar-refractivity contribution is -0.384. The van der Waals surface area contributed by atoms with E-state index in [0.717, 1.165) is 11.5 Å². The minimum absolute atomic E-state index is 0.0648. The average molecular weight is 130 g/mol. The topological polar surface area (TPSA) is 56.0 Å². The van der Waals surface area contributed by atoms with Crippen molar-refractivity contribution >= 4 is 17.2 Å². The maximum absolute atomic E-state index is 9.83. The van der Waals surface area contributed by atoms with E-state index in [2.05, 4.69) is 4.37 Å². The zero-order valence-corrected chi connectivity index (χ0v) is 4.59. The summed E-state index contributed by atoms with van der Waals surface area (Å²) in [5.74, 6) is 0. The molecular formula is C3H2N2O2S. The van der Waals surface area contributed by atoms with Crippen LogP contribution in [0, 0.1) is 10.1 Å². The quantitative estimate of drug-likeness (QED) is 0.421. The molecule has 0 atom stereocenters. The van der Waals surface area contributed by atoms with Crippen LogP contribution in [-0.2, 0) is 0 Å². The third-order valence-electron chi connectivity index (χ3n) is 0.630. The summed E-state index contributed by atoms with van der Waals surface area (Å²) in [4.78, 5) is 9.37. The monoisotopic (exact) mass is 130 g/mol. The molecule has 0 spiro atoms. The molecule has 0 aromatic carbocycles. The van der Waals surface area contributed by atoms with E-state index >= 15 is 0 Å². The molecule has 1 aromatic heterocycles. The minimum Gasteiger partial charge on any atom is -0.258 e. The molecule has 0 aliphatic rings. The highest BCUT2D eigenvalue weighted by molar-refractivity contribution is 7.03. The summed E-state index contributed by atoms with van der Waals surface area (Å²) in [6, 6.07) is 0. The van der Waals surface area contributed by atoms with Crippen molar-refractivity contribution in [3.8, 4) is 0 Å². The van der Waals surface area contributed by atoms with Crippen LogP contribution in [-0.4, -0.2) is 9.30 Å². The standard InChI is InChI=1S/C3H2N2O2S/c6-5(7)3-1-4-8-2-3/h1-2H. The maximum atomic E-state index is 9.83. The molecule has 0 radical (unpaired) electrons. The van der Waals surface area contributed by atoms with Gasteiger partial charge in [-0.25, -0.2) is 0 Å². The van der Waals surface area contributed by atoms with Gasteiger partial charge in [-0.2, -0.15) is 4.37 Å². The first-order chi connectivity index (χ1) is 3.80. The summed E-state index contributed by atoms with van der Waals surface area (Å²) < 4.78 is 3.54. The van der Waals surface area contributed by atoms with Gasteiger partial charge >= 0.3 is 0 Å². The van der Waals surface area contributed by atoms with Crippen molar-refractivity contribution in [3.63, 3.8) is 0 Å². The maximum Gasteiger partial charge on any atom is 0.299 e. The summed E-state index contributed by atoms with van der Waals surface area (Å²) in [5.41, 5.74) is 0.0648. The number of hydrogen-bond donors (Lipinski definition) is 0. The van der Waals surface area contributed by atoms with Gasteiger partial charge in [-0.3, -0.25) is 10.1 Å². The van der Waals surface area contributed by atoms with Gasteiger partial charge in [-0.05, 0) is 11.5 Å². The second-order valence-corrected chi connectivity index (χ2v) is 1.80. The zero-order valence-electron chi connectivity index (χ0n) is 3.77. The molecule has 0 saturated carbocycles. The van der Waals surface area contributed by atoms with Crippen LogP contribution in [0.25, 0.3) is 0 Å². The lowest BCUT2D eigenvalue weighted by Crippen LogP contribution is -1.82. The number of aromatic nitrogens is 1. The van der Waals surface area contributed by atoms with Crippen molar-refractivity contribution < 1.29 is 4.92 Å². The number of hydrogen-bond acceptors (Lipinski definition) is 4. The van der Waals surface area contributed by atoms with Crippen LogP contribution >= 0.6 is 11.5 Å². The molecule has 8 heavy (non-hydrogen) atoms. The first-order valence-corrected chi connectivity index (χ1v) is 2.68. The van der Waals surface area contributed by atoms with E-state index < -0.39 is 4.92 Å². The van der Waals surface area contributed by atoms with Gasteiger partial charge in [-0.15, -0.1) is 0 Å². The fraction of sp³-hybridized carbons (Fsp3) is 0. The summed E-state index contributed by atoms with van der Waals surface area (Å²) >= 11 is 1.08. The van der Waals surface area contributed by atoms with E-state index in [1.807, 2.05) is 0 Å². The van der Waals surface area contributed by atoms with Crippen LogP contribution in [0.1, 0.15) is 0 Å². The molecular weight excluding hydrogens is 128 g/mol. The van der Waals surface area contributed by atoms with Gasteiger partial charge in [0, 0.05) is 0 Å². The smallest absolute Gasteiger partial charge is 0.258 e. The van der Waals surface area contributed by atoms with Crippen LogP contribution in [0.5, 0.6) is 0 Å². The Bertz CT molecular complexity index is 183. The van der Waals surface area contributed by atoms with Gasteiger partial charge in [0.2, 0.25) is 0 Å². The Hall–Kier alpha value is -0.970. The van der Waals surface area contributed by atoms with E-state index in [1.165, 1.54) is 11.6 Å². The van der Waals surface area contributed by atoms with E-state index in [-0.39, 0.29) is 5.69 Å². The van der Waals surface area contributed by atoms with Crippen molar-refractivity contribution in [2.45, 2.75) is 0 Å². The molecule has 5 heteroatoms. The molecule has 0 amide bonds. The zero-order chi connectivity index (χ0) is 5.98. The number of nitro groups is 1. The lowest BCUT2D eigenvalue weighted by atomic mass is 10.6. The Morgan fingerprint density at radius 3 is 2.88 bits per heavy atom. The van der Waals surface area contributed by atoms with E-state index in [1.54, 1.807) is 0 Å². The Morgan fingerprint density at radius 2 is 2.62 bits per heavy atom. The van der Waals surface area contributed by atoms with Gasteiger partial charge in [0.05, 0.1) is 10.3 Å². The van der Waals surface area contributed by atoms with Crippen LogP contribution in [0.2, 0.25) is 0 Å².